The Morgan fingerprint density at radius 2 is 1.75 bits per heavy atom. The molecule has 7 heteroatoms. The van der Waals surface area contributed by atoms with E-state index in [-0.39, 0.29) is 23.0 Å². The Hall–Kier alpha value is -2.24. The summed E-state index contributed by atoms with van der Waals surface area (Å²) in [5.74, 6) is 0.0118. The lowest BCUT2D eigenvalue weighted by Crippen LogP contribution is -2.36. The van der Waals surface area contributed by atoms with E-state index in [0.29, 0.717) is 11.6 Å². The van der Waals surface area contributed by atoms with Gasteiger partial charge in [0.2, 0.25) is 5.91 Å². The van der Waals surface area contributed by atoms with Gasteiger partial charge in [0.05, 0.1) is 24.2 Å². The van der Waals surface area contributed by atoms with Gasteiger partial charge in [-0.2, -0.15) is 0 Å². The Morgan fingerprint density at radius 1 is 1.04 bits per heavy atom. The van der Waals surface area contributed by atoms with Gasteiger partial charge in [0, 0.05) is 11.6 Å². The van der Waals surface area contributed by atoms with E-state index in [4.69, 9.17) is 27.9 Å². The first kappa shape index (κ1) is 18.1. The monoisotopic (exact) mass is 366 g/mol. The zero-order chi connectivity index (χ0) is 17.5. The first-order valence-corrected chi connectivity index (χ1v) is 7.88. The highest BCUT2D eigenvalue weighted by Crippen LogP contribution is 2.20. The van der Waals surface area contributed by atoms with Gasteiger partial charge in [0.15, 0.2) is 0 Å². The fraction of sp³-hybridized carbons (Fsp3) is 0.176. The van der Waals surface area contributed by atoms with Crippen molar-refractivity contribution in [2.45, 2.75) is 6.54 Å². The predicted octanol–water partition coefficient (Wildman–Crippen LogP) is 3.05. The molecule has 0 aliphatic carbocycles. The van der Waals surface area contributed by atoms with Gasteiger partial charge >= 0.3 is 0 Å². The van der Waals surface area contributed by atoms with Crippen molar-refractivity contribution >= 4 is 35.0 Å². The second-order valence-electron chi connectivity index (χ2n) is 4.93. The number of carbonyl (C=O) groups is 2. The number of halogens is 2. The van der Waals surface area contributed by atoms with Crippen molar-refractivity contribution in [3.63, 3.8) is 0 Å². The Morgan fingerprint density at radius 3 is 2.38 bits per heavy atom. The number of rotatable bonds is 6. The van der Waals surface area contributed by atoms with Crippen molar-refractivity contribution in [3.8, 4) is 5.75 Å². The highest BCUT2D eigenvalue weighted by atomic mass is 35.5. The van der Waals surface area contributed by atoms with Gasteiger partial charge in [-0.05, 0) is 35.9 Å². The molecular weight excluding hydrogens is 351 g/mol. The summed E-state index contributed by atoms with van der Waals surface area (Å²) in [5.41, 5.74) is 1.19. The number of methoxy groups -OCH3 is 1. The molecule has 2 aromatic rings. The van der Waals surface area contributed by atoms with Gasteiger partial charge < -0.3 is 15.4 Å². The van der Waals surface area contributed by atoms with Crippen molar-refractivity contribution < 1.29 is 14.3 Å². The third-order valence-corrected chi connectivity index (χ3v) is 3.78. The number of ether oxygens (including phenoxy) is 1. The third-order valence-electron chi connectivity index (χ3n) is 3.23. The highest BCUT2D eigenvalue weighted by Gasteiger charge is 2.12. The molecule has 2 amide bonds. The number of amides is 2. The minimum Gasteiger partial charge on any atom is -0.497 e. The summed E-state index contributed by atoms with van der Waals surface area (Å²) >= 11 is 11.7. The fourth-order valence-electron chi connectivity index (χ4n) is 1.94. The topological polar surface area (TPSA) is 67.4 Å². The van der Waals surface area contributed by atoms with Crippen molar-refractivity contribution in [1.29, 1.82) is 0 Å². The zero-order valence-corrected chi connectivity index (χ0v) is 14.4. The molecule has 0 aromatic heterocycles. The van der Waals surface area contributed by atoms with Gasteiger partial charge in [-0.1, -0.05) is 35.3 Å². The number of benzene rings is 2. The molecule has 24 heavy (non-hydrogen) atoms. The first-order valence-electron chi connectivity index (χ1n) is 7.12. The van der Waals surface area contributed by atoms with Crippen LogP contribution in [0.2, 0.25) is 10.0 Å². The second kappa shape index (κ2) is 8.57. The number of hydrogen-bond donors (Lipinski definition) is 2. The quantitative estimate of drug-likeness (QED) is 0.825. The summed E-state index contributed by atoms with van der Waals surface area (Å²) in [5, 5.41) is 5.91. The van der Waals surface area contributed by atoms with E-state index in [1.165, 1.54) is 12.1 Å². The zero-order valence-electron chi connectivity index (χ0n) is 12.9. The molecule has 0 atom stereocenters. The van der Waals surface area contributed by atoms with E-state index in [2.05, 4.69) is 10.6 Å². The molecule has 0 spiro atoms. The van der Waals surface area contributed by atoms with Crippen LogP contribution in [0.1, 0.15) is 15.9 Å². The highest BCUT2D eigenvalue weighted by molar-refractivity contribution is 6.36. The van der Waals surface area contributed by atoms with E-state index in [1.807, 2.05) is 24.3 Å². The van der Waals surface area contributed by atoms with E-state index in [0.717, 1.165) is 11.3 Å². The van der Waals surface area contributed by atoms with Gasteiger partial charge in [0.25, 0.3) is 5.91 Å². The van der Waals surface area contributed by atoms with E-state index < -0.39 is 5.91 Å². The molecule has 2 rings (SSSR count). The lowest BCUT2D eigenvalue weighted by Gasteiger charge is -2.08. The molecule has 0 saturated heterocycles. The van der Waals surface area contributed by atoms with Crippen LogP contribution in [0.4, 0.5) is 0 Å². The number of nitrogens with one attached hydrogen (secondary N) is 2. The molecule has 0 radical (unpaired) electrons. The number of hydrogen-bond acceptors (Lipinski definition) is 3. The lowest BCUT2D eigenvalue weighted by molar-refractivity contribution is -0.120. The van der Waals surface area contributed by atoms with Crippen LogP contribution < -0.4 is 15.4 Å². The number of carbonyl (C=O) groups excluding carboxylic acids is 2. The van der Waals surface area contributed by atoms with E-state index in [1.54, 1.807) is 13.2 Å². The van der Waals surface area contributed by atoms with E-state index >= 15 is 0 Å². The van der Waals surface area contributed by atoms with Crippen LogP contribution in [0.3, 0.4) is 0 Å². The third kappa shape index (κ3) is 5.15. The standard InChI is InChI=1S/C17H16Cl2N2O3/c1-24-13-5-2-11(3-6-13)9-20-16(22)10-21-17(23)14-7-4-12(18)8-15(14)19/h2-8H,9-10H2,1H3,(H,20,22)(H,21,23). The van der Waals surface area contributed by atoms with Crippen LogP contribution >= 0.6 is 23.2 Å². The summed E-state index contributed by atoms with van der Waals surface area (Å²) in [6.45, 7) is 0.217. The molecule has 0 bridgehead atoms. The molecular formula is C17H16Cl2N2O3. The lowest BCUT2D eigenvalue weighted by atomic mass is 10.2. The smallest absolute Gasteiger partial charge is 0.253 e. The largest absolute Gasteiger partial charge is 0.497 e. The van der Waals surface area contributed by atoms with Gasteiger partial charge in [-0.25, -0.2) is 0 Å². The average Bonchev–Trinajstić information content (AvgIpc) is 2.58. The van der Waals surface area contributed by atoms with Crippen molar-refractivity contribution in [2.75, 3.05) is 13.7 Å². The van der Waals surface area contributed by atoms with Crippen LogP contribution in [0.15, 0.2) is 42.5 Å². The molecule has 0 aliphatic rings. The summed E-state index contributed by atoms with van der Waals surface area (Å²) in [6, 6.07) is 11.9. The van der Waals surface area contributed by atoms with Crippen LogP contribution in [0.5, 0.6) is 5.75 Å². The molecule has 0 aliphatic heterocycles. The molecule has 126 valence electrons. The van der Waals surface area contributed by atoms with Crippen molar-refractivity contribution in [1.82, 2.24) is 10.6 Å². The van der Waals surface area contributed by atoms with Gasteiger partial charge in [-0.15, -0.1) is 0 Å². The summed E-state index contributed by atoms with van der Waals surface area (Å²) in [7, 11) is 1.59. The van der Waals surface area contributed by atoms with E-state index in [9.17, 15) is 9.59 Å². The second-order valence-corrected chi connectivity index (χ2v) is 5.78. The molecule has 0 heterocycles. The molecule has 2 aromatic carbocycles. The maximum Gasteiger partial charge on any atom is 0.253 e. The summed E-state index contributed by atoms with van der Waals surface area (Å²) < 4.78 is 5.06. The van der Waals surface area contributed by atoms with Gasteiger partial charge in [-0.3, -0.25) is 9.59 Å². The molecule has 5 nitrogen and oxygen atoms in total. The Kier molecular flexibility index (Phi) is 6.46. The first-order chi connectivity index (χ1) is 11.5. The van der Waals surface area contributed by atoms with Crippen molar-refractivity contribution in [2.24, 2.45) is 0 Å². The average molecular weight is 367 g/mol. The Bertz CT molecular complexity index is 733. The van der Waals surface area contributed by atoms with Crippen LogP contribution in [-0.4, -0.2) is 25.5 Å². The van der Waals surface area contributed by atoms with Crippen molar-refractivity contribution in [3.05, 3.63) is 63.6 Å². The Balaban J connectivity index is 1.80. The Labute approximate surface area is 149 Å². The van der Waals surface area contributed by atoms with Gasteiger partial charge in [0.1, 0.15) is 5.75 Å². The fourth-order valence-corrected chi connectivity index (χ4v) is 2.43. The minimum atomic E-state index is -0.434. The maximum absolute atomic E-state index is 12.0. The molecule has 2 N–H and O–H groups in total. The molecule has 0 saturated carbocycles. The maximum atomic E-state index is 12.0. The summed E-state index contributed by atoms with van der Waals surface area (Å²) in [4.78, 5) is 23.8. The summed E-state index contributed by atoms with van der Waals surface area (Å²) in [6.07, 6.45) is 0. The normalized spacial score (nSPS) is 10.1. The van der Waals surface area contributed by atoms with Crippen LogP contribution in [-0.2, 0) is 11.3 Å². The molecule has 0 unspecified atom stereocenters. The van der Waals surface area contributed by atoms with Crippen LogP contribution in [0, 0.1) is 0 Å². The predicted molar refractivity (Wildman–Crippen MR) is 93.6 cm³/mol. The SMILES string of the molecule is COc1ccc(CNC(=O)CNC(=O)c2ccc(Cl)cc2Cl)cc1. The molecule has 0 fully saturated rings. The minimum absolute atomic E-state index is 0.145. The van der Waals surface area contributed by atoms with Crippen LogP contribution in [0.25, 0.3) is 0 Å².